The number of rotatable bonds is 7. The first kappa shape index (κ1) is 21.9. The van der Waals surface area contributed by atoms with E-state index in [1.54, 1.807) is 0 Å². The van der Waals surface area contributed by atoms with Gasteiger partial charge in [-0.25, -0.2) is 18.5 Å². The van der Waals surface area contributed by atoms with E-state index in [0.717, 1.165) is 42.3 Å². The highest BCUT2D eigenvalue weighted by Gasteiger charge is 2.33. The van der Waals surface area contributed by atoms with Crippen LogP contribution in [0.4, 0.5) is 10.5 Å². The van der Waals surface area contributed by atoms with Crippen molar-refractivity contribution < 1.29 is 23.6 Å². The molecule has 9 heteroatoms. The minimum atomic E-state index is -3.80. The average molecular weight is 448 g/mol. The molecular weight excluding hydrogens is 418 g/mol. The molecule has 4 rings (SSSR count). The summed E-state index contributed by atoms with van der Waals surface area (Å²) in [4.78, 5) is 12.8. The smallest absolute Gasteiger partial charge is 0.332 e. The van der Waals surface area contributed by atoms with E-state index in [-0.39, 0.29) is 10.7 Å². The van der Waals surface area contributed by atoms with E-state index in [9.17, 15) is 19.2 Å². The monoisotopic (exact) mass is 447 g/mol. The number of benzene rings is 1. The first-order valence-corrected chi connectivity index (χ1v) is 12.1. The van der Waals surface area contributed by atoms with Crippen molar-refractivity contribution in [3.05, 3.63) is 46.7 Å². The second kappa shape index (κ2) is 7.96. The zero-order chi connectivity index (χ0) is 22.4. The minimum Gasteiger partial charge on any atom is -0.452 e. The Balaban J connectivity index is 1.56. The molecule has 1 saturated carbocycles. The van der Waals surface area contributed by atoms with Crippen molar-refractivity contribution in [1.82, 2.24) is 4.72 Å². The molecule has 8 nitrogen and oxygen atoms in total. The van der Waals surface area contributed by atoms with Crippen molar-refractivity contribution in [2.24, 2.45) is 5.92 Å². The summed E-state index contributed by atoms with van der Waals surface area (Å²) in [5.74, 6) is 0.930. The van der Waals surface area contributed by atoms with Crippen molar-refractivity contribution in [2.45, 2.75) is 62.6 Å². The van der Waals surface area contributed by atoms with E-state index in [0.29, 0.717) is 11.8 Å². The number of urea groups is 1. The molecule has 0 spiro atoms. The largest absolute Gasteiger partial charge is 0.452 e. The molecule has 0 aliphatic heterocycles. The van der Waals surface area contributed by atoms with Crippen LogP contribution in [0.2, 0.25) is 0 Å². The Bertz CT molecular complexity index is 1100. The number of hydrogen-bond acceptors (Lipinski definition) is 6. The zero-order valence-electron chi connectivity index (χ0n) is 17.7. The zero-order valence-corrected chi connectivity index (χ0v) is 18.6. The van der Waals surface area contributed by atoms with Gasteiger partial charge in [-0.1, -0.05) is 19.1 Å². The van der Waals surface area contributed by atoms with Gasteiger partial charge in [0.05, 0.1) is 12.9 Å². The number of hydrogen-bond donors (Lipinski definition) is 5. The van der Waals surface area contributed by atoms with Gasteiger partial charge in [0.2, 0.25) is 5.09 Å². The van der Waals surface area contributed by atoms with Crippen LogP contribution in [0.25, 0.3) is 0 Å². The number of aryl methyl sites for hydroxylation is 1. The van der Waals surface area contributed by atoms with Gasteiger partial charge in [-0.3, -0.25) is 0 Å². The normalized spacial score (nSPS) is 20.4. The standard InChI is InChI=1S/C22H29N3O5S/c1-13(14-6-7-14)17-9-8-15-4-3-5-18(15)20(17)24-21(27)25-31(23,29)19-10-16(11-30-19)22(2,28)12-26/h8-11,13-14,26,28H,3-7,12H2,1-2H3,(H3,23,24,25,27,29)/t13-,22?,31?/m0/s1. The summed E-state index contributed by atoms with van der Waals surface area (Å²) in [6.45, 7) is 2.97. The molecule has 2 aliphatic rings. The van der Waals surface area contributed by atoms with Crippen LogP contribution < -0.4 is 10.0 Å². The maximum atomic E-state index is 12.8. The van der Waals surface area contributed by atoms with Gasteiger partial charge in [-0.05, 0) is 67.6 Å². The van der Waals surface area contributed by atoms with E-state index < -0.39 is 28.2 Å². The summed E-state index contributed by atoms with van der Waals surface area (Å²) in [7, 11) is -3.80. The summed E-state index contributed by atoms with van der Waals surface area (Å²) in [6, 6.07) is 4.70. The predicted octanol–water partition coefficient (Wildman–Crippen LogP) is 3.62. The molecule has 2 aliphatic carbocycles. The average Bonchev–Trinajstić information content (AvgIpc) is 3.23. The SMILES string of the molecule is C[C@H](c1ccc2c(c1NC(=O)NS(=N)(=O)c1cc(C(C)(O)CO)co1)CCC2)C1CC1. The number of aliphatic hydroxyl groups excluding tert-OH is 1. The molecule has 2 aromatic rings. The number of carbonyl (C=O) groups excluding carboxylic acids is 1. The molecule has 1 aromatic carbocycles. The maximum absolute atomic E-state index is 12.8. The van der Waals surface area contributed by atoms with Gasteiger partial charge in [0, 0.05) is 17.3 Å². The number of anilines is 1. The molecule has 2 amide bonds. The molecule has 1 fully saturated rings. The highest BCUT2D eigenvalue weighted by molar-refractivity contribution is 7.91. The summed E-state index contributed by atoms with van der Waals surface area (Å²) in [5, 5.41) is 22.0. The lowest BCUT2D eigenvalue weighted by Crippen LogP contribution is -2.34. The Labute approximate surface area is 182 Å². The lowest BCUT2D eigenvalue weighted by atomic mass is 9.91. The Morgan fingerprint density at radius 2 is 2.13 bits per heavy atom. The van der Waals surface area contributed by atoms with E-state index >= 15 is 0 Å². The third-order valence-corrected chi connectivity index (χ3v) is 7.65. The van der Waals surface area contributed by atoms with Crippen LogP contribution in [-0.2, 0) is 28.4 Å². The first-order valence-electron chi connectivity index (χ1n) is 10.6. The lowest BCUT2D eigenvalue weighted by molar-refractivity contribution is -0.00272. The third-order valence-electron chi connectivity index (χ3n) is 6.40. The van der Waals surface area contributed by atoms with Gasteiger partial charge < -0.3 is 19.9 Å². The molecule has 3 atom stereocenters. The number of carbonyl (C=O) groups is 1. The Morgan fingerprint density at radius 1 is 1.39 bits per heavy atom. The topological polar surface area (TPSA) is 136 Å². The second-order valence-electron chi connectivity index (χ2n) is 8.85. The lowest BCUT2D eigenvalue weighted by Gasteiger charge is -2.20. The van der Waals surface area contributed by atoms with E-state index in [1.807, 2.05) is 0 Å². The Morgan fingerprint density at radius 3 is 2.81 bits per heavy atom. The minimum absolute atomic E-state index is 0.175. The summed E-state index contributed by atoms with van der Waals surface area (Å²) < 4.78 is 28.4. The van der Waals surface area contributed by atoms with Crippen LogP contribution in [0.5, 0.6) is 0 Å². The number of furan rings is 1. The number of aliphatic hydroxyl groups is 2. The molecule has 1 aromatic heterocycles. The fraction of sp³-hybridized carbons (Fsp3) is 0.500. The second-order valence-corrected chi connectivity index (χ2v) is 10.6. The summed E-state index contributed by atoms with van der Waals surface area (Å²) in [6.07, 6.45) is 6.37. The maximum Gasteiger partial charge on any atom is 0.332 e. The van der Waals surface area contributed by atoms with Gasteiger partial charge in [0.15, 0.2) is 9.92 Å². The predicted molar refractivity (Wildman–Crippen MR) is 116 cm³/mol. The van der Waals surface area contributed by atoms with Gasteiger partial charge in [-0.2, -0.15) is 0 Å². The van der Waals surface area contributed by atoms with Gasteiger partial charge in [0.1, 0.15) is 5.60 Å². The third kappa shape index (κ3) is 4.35. The van der Waals surface area contributed by atoms with E-state index in [4.69, 9.17) is 9.20 Å². The van der Waals surface area contributed by atoms with Crippen molar-refractivity contribution in [3.8, 4) is 0 Å². The van der Waals surface area contributed by atoms with Crippen molar-refractivity contribution in [3.63, 3.8) is 0 Å². The van der Waals surface area contributed by atoms with Crippen LogP contribution >= 0.6 is 0 Å². The van der Waals surface area contributed by atoms with Gasteiger partial charge in [-0.15, -0.1) is 0 Å². The van der Waals surface area contributed by atoms with E-state index in [1.165, 1.54) is 31.4 Å². The van der Waals surface area contributed by atoms with Crippen LogP contribution in [0.15, 0.2) is 34.0 Å². The molecule has 5 N–H and O–H groups in total. The van der Waals surface area contributed by atoms with Crippen LogP contribution in [-0.4, -0.2) is 27.1 Å². The first-order chi connectivity index (χ1) is 14.6. The van der Waals surface area contributed by atoms with Crippen molar-refractivity contribution in [1.29, 1.82) is 4.78 Å². The molecule has 1 heterocycles. The summed E-state index contributed by atoms with van der Waals surface area (Å²) in [5.41, 5.74) is 2.76. The van der Waals surface area contributed by atoms with Crippen LogP contribution in [0.3, 0.4) is 0 Å². The highest BCUT2D eigenvalue weighted by Crippen LogP contribution is 2.46. The molecule has 168 valence electrons. The molecule has 0 radical (unpaired) electrons. The Hall–Kier alpha value is -2.36. The fourth-order valence-electron chi connectivity index (χ4n) is 4.22. The van der Waals surface area contributed by atoms with Gasteiger partial charge in [0.25, 0.3) is 0 Å². The van der Waals surface area contributed by atoms with E-state index in [2.05, 4.69) is 29.1 Å². The molecule has 31 heavy (non-hydrogen) atoms. The fourth-order valence-corrected chi connectivity index (χ4v) is 5.11. The summed E-state index contributed by atoms with van der Waals surface area (Å²) >= 11 is 0. The highest BCUT2D eigenvalue weighted by atomic mass is 32.2. The quantitative estimate of drug-likeness (QED) is 0.442. The molecule has 0 saturated heterocycles. The van der Waals surface area contributed by atoms with Gasteiger partial charge >= 0.3 is 6.03 Å². The number of amides is 2. The van der Waals surface area contributed by atoms with Crippen LogP contribution in [0.1, 0.15) is 61.3 Å². The van der Waals surface area contributed by atoms with Crippen LogP contribution in [0, 0.1) is 10.7 Å². The van der Waals surface area contributed by atoms with Crippen molar-refractivity contribution in [2.75, 3.05) is 11.9 Å². The number of nitrogens with one attached hydrogen (secondary N) is 3. The molecule has 2 unspecified atom stereocenters. The van der Waals surface area contributed by atoms with Crippen molar-refractivity contribution >= 4 is 21.6 Å². The molecule has 0 bridgehead atoms. The number of fused-ring (bicyclic) bond motifs is 1. The molecular formula is C22H29N3O5S. The Kier molecular flexibility index (Phi) is 5.61.